The van der Waals surface area contributed by atoms with E-state index in [4.69, 9.17) is 4.42 Å². The number of nitro groups is 1. The van der Waals surface area contributed by atoms with Crippen LogP contribution in [-0.2, 0) is 4.79 Å². The average Bonchev–Trinajstić information content (AvgIpc) is 3.35. The highest BCUT2D eigenvalue weighted by molar-refractivity contribution is 9.10. The maximum absolute atomic E-state index is 12.4. The second-order valence-corrected chi connectivity index (χ2v) is 8.21. The molecule has 1 aromatic carbocycles. The number of nitrogens with one attached hydrogen (secondary N) is 1. The summed E-state index contributed by atoms with van der Waals surface area (Å²) in [6.07, 6.45) is 1.31. The molecule has 0 aliphatic carbocycles. The summed E-state index contributed by atoms with van der Waals surface area (Å²) >= 11 is 4.53. The molecule has 11 heteroatoms. The lowest BCUT2D eigenvalue weighted by atomic mass is 10.1. The Morgan fingerprint density at radius 3 is 2.73 bits per heavy atom. The number of carbonyl (C=O) groups excluding carboxylic acids is 1. The lowest BCUT2D eigenvalue weighted by molar-refractivity contribution is -0.384. The first-order valence-electron chi connectivity index (χ1n) is 8.59. The molecule has 0 aliphatic heterocycles. The van der Waals surface area contributed by atoms with E-state index in [1.165, 1.54) is 29.5 Å². The molecule has 0 saturated heterocycles. The van der Waals surface area contributed by atoms with Crippen molar-refractivity contribution in [2.75, 3.05) is 5.32 Å². The van der Waals surface area contributed by atoms with Gasteiger partial charge < -0.3 is 4.42 Å². The Balaban J connectivity index is 1.80. The number of hydrogen-bond donors (Lipinski definition) is 1. The number of non-ortho nitro benzene ring substituents is 1. The second kappa shape index (κ2) is 8.98. The van der Waals surface area contributed by atoms with Gasteiger partial charge in [0.25, 0.3) is 11.6 Å². The number of furan rings is 1. The Labute approximate surface area is 183 Å². The molecular formula is C19H14BrN5O4S. The first-order chi connectivity index (χ1) is 14.3. The molecule has 3 rings (SSSR count). The zero-order valence-electron chi connectivity index (χ0n) is 15.7. The first kappa shape index (κ1) is 21.4. The van der Waals surface area contributed by atoms with Crippen LogP contribution >= 0.6 is 27.3 Å². The zero-order valence-corrected chi connectivity index (χ0v) is 18.2. The third-order valence-corrected chi connectivity index (χ3v) is 5.66. The Morgan fingerprint density at radius 1 is 1.37 bits per heavy atom. The van der Waals surface area contributed by atoms with Gasteiger partial charge in [-0.3, -0.25) is 20.2 Å². The fraction of sp³-hybridized carbons (Fsp3) is 0.158. The molecule has 0 bridgehead atoms. The summed E-state index contributed by atoms with van der Waals surface area (Å²) in [5, 5.41) is 31.7. The van der Waals surface area contributed by atoms with Crippen LogP contribution in [-0.4, -0.2) is 21.0 Å². The molecule has 1 amide bonds. The van der Waals surface area contributed by atoms with Gasteiger partial charge in [0.2, 0.25) is 5.13 Å². The Morgan fingerprint density at radius 2 is 2.13 bits per heavy atom. The molecule has 30 heavy (non-hydrogen) atoms. The molecule has 0 atom stereocenters. The van der Waals surface area contributed by atoms with Gasteiger partial charge in [-0.25, -0.2) is 0 Å². The van der Waals surface area contributed by atoms with Crippen molar-refractivity contribution >= 4 is 50.1 Å². The van der Waals surface area contributed by atoms with Crippen LogP contribution in [0.1, 0.15) is 30.5 Å². The topological polar surface area (TPSA) is 135 Å². The molecule has 0 radical (unpaired) electrons. The third-order valence-electron chi connectivity index (χ3n) is 3.86. The minimum atomic E-state index is -0.626. The fourth-order valence-corrected chi connectivity index (χ4v) is 3.67. The number of rotatable bonds is 6. The van der Waals surface area contributed by atoms with Gasteiger partial charge in [-0.05, 0) is 34.1 Å². The van der Waals surface area contributed by atoms with Crippen molar-refractivity contribution in [2.24, 2.45) is 0 Å². The molecule has 0 aliphatic rings. The van der Waals surface area contributed by atoms with Crippen molar-refractivity contribution in [3.05, 3.63) is 61.3 Å². The SMILES string of the molecule is CC(C)c1nnc(NC(=O)/C(C#N)=C\c2ccc(-c3ccc([N+](=O)[O-])cc3Br)o2)s1. The number of hydrogen-bond acceptors (Lipinski definition) is 8. The molecule has 0 unspecified atom stereocenters. The average molecular weight is 488 g/mol. The van der Waals surface area contributed by atoms with Crippen LogP contribution < -0.4 is 5.32 Å². The second-order valence-electron chi connectivity index (χ2n) is 6.35. The predicted octanol–water partition coefficient (Wildman–Crippen LogP) is 5.14. The molecule has 2 aromatic heterocycles. The van der Waals surface area contributed by atoms with Crippen molar-refractivity contribution in [1.82, 2.24) is 10.2 Å². The Kier molecular flexibility index (Phi) is 6.39. The maximum Gasteiger partial charge on any atom is 0.270 e. The van der Waals surface area contributed by atoms with Crippen LogP contribution in [0.4, 0.5) is 10.8 Å². The standard InChI is InChI=1S/C19H14BrN5O4S/c1-10(2)18-23-24-19(30-18)22-17(26)11(9-21)7-13-4-6-16(29-13)14-5-3-12(25(27)28)8-15(14)20/h3-8,10H,1-2H3,(H,22,24,26)/b11-7-. The number of carbonyl (C=O) groups is 1. The van der Waals surface area contributed by atoms with E-state index < -0.39 is 10.8 Å². The van der Waals surface area contributed by atoms with Gasteiger partial charge in [0.05, 0.1) is 4.92 Å². The van der Waals surface area contributed by atoms with Gasteiger partial charge in [-0.2, -0.15) is 5.26 Å². The molecule has 152 valence electrons. The Hall–Kier alpha value is -3.36. The third kappa shape index (κ3) is 4.79. The quantitative estimate of drug-likeness (QED) is 0.220. The van der Waals surface area contributed by atoms with Gasteiger partial charge >= 0.3 is 0 Å². The molecule has 2 heterocycles. The van der Waals surface area contributed by atoms with Gasteiger partial charge in [0, 0.05) is 34.2 Å². The van der Waals surface area contributed by atoms with E-state index in [1.54, 1.807) is 18.2 Å². The number of anilines is 1. The fourth-order valence-electron chi connectivity index (χ4n) is 2.37. The molecular weight excluding hydrogens is 474 g/mol. The monoisotopic (exact) mass is 487 g/mol. The lowest BCUT2D eigenvalue weighted by Gasteiger charge is -2.01. The smallest absolute Gasteiger partial charge is 0.270 e. The summed E-state index contributed by atoms with van der Waals surface area (Å²) in [5.74, 6) is 0.256. The molecule has 9 nitrogen and oxygen atoms in total. The number of nitrogens with zero attached hydrogens (tertiary/aromatic N) is 4. The lowest BCUT2D eigenvalue weighted by Crippen LogP contribution is -2.13. The van der Waals surface area contributed by atoms with Crippen LogP contribution in [0.3, 0.4) is 0 Å². The number of amides is 1. The molecule has 1 N–H and O–H groups in total. The maximum atomic E-state index is 12.4. The number of benzene rings is 1. The highest BCUT2D eigenvalue weighted by Crippen LogP contribution is 2.33. The minimum absolute atomic E-state index is 0.0574. The van der Waals surface area contributed by atoms with E-state index in [0.717, 1.165) is 5.01 Å². The molecule has 0 spiro atoms. The van der Waals surface area contributed by atoms with Crippen molar-refractivity contribution in [2.45, 2.75) is 19.8 Å². The summed E-state index contributed by atoms with van der Waals surface area (Å²) in [6.45, 7) is 3.93. The van der Waals surface area contributed by atoms with Crippen LogP contribution in [0.5, 0.6) is 0 Å². The summed E-state index contributed by atoms with van der Waals surface area (Å²) in [5.41, 5.74) is 0.372. The van der Waals surface area contributed by atoms with Crippen molar-refractivity contribution < 1.29 is 14.1 Å². The largest absolute Gasteiger partial charge is 0.457 e. The van der Waals surface area contributed by atoms with Gasteiger partial charge in [0.15, 0.2) is 0 Å². The normalized spacial score (nSPS) is 11.4. The van der Waals surface area contributed by atoms with Crippen LogP contribution in [0.2, 0.25) is 0 Å². The molecule has 0 saturated carbocycles. The number of nitro benzene ring substituents is 1. The summed E-state index contributed by atoms with van der Waals surface area (Å²) in [7, 11) is 0. The number of nitriles is 1. The molecule has 3 aromatic rings. The van der Waals surface area contributed by atoms with E-state index >= 15 is 0 Å². The first-order valence-corrected chi connectivity index (χ1v) is 10.2. The highest BCUT2D eigenvalue weighted by atomic mass is 79.9. The number of aromatic nitrogens is 2. The van der Waals surface area contributed by atoms with E-state index in [-0.39, 0.29) is 22.9 Å². The summed E-state index contributed by atoms with van der Waals surface area (Å²) < 4.78 is 6.17. The van der Waals surface area contributed by atoms with Crippen molar-refractivity contribution in [1.29, 1.82) is 5.26 Å². The Bertz CT molecular complexity index is 1190. The van der Waals surface area contributed by atoms with Crippen LogP contribution in [0.25, 0.3) is 17.4 Å². The van der Waals surface area contributed by atoms with Gasteiger partial charge in [-0.1, -0.05) is 25.2 Å². The van der Waals surface area contributed by atoms with E-state index in [1.807, 2.05) is 19.9 Å². The van der Waals surface area contributed by atoms with E-state index in [2.05, 4.69) is 31.4 Å². The highest BCUT2D eigenvalue weighted by Gasteiger charge is 2.16. The molecule has 0 fully saturated rings. The zero-order chi connectivity index (χ0) is 21.8. The number of halogens is 1. The van der Waals surface area contributed by atoms with Crippen LogP contribution in [0, 0.1) is 21.4 Å². The van der Waals surface area contributed by atoms with Crippen molar-refractivity contribution in [3.63, 3.8) is 0 Å². The van der Waals surface area contributed by atoms with Crippen molar-refractivity contribution in [3.8, 4) is 17.4 Å². The van der Waals surface area contributed by atoms with E-state index in [9.17, 15) is 20.2 Å². The van der Waals surface area contributed by atoms with Crippen LogP contribution in [0.15, 0.2) is 44.8 Å². The predicted molar refractivity (Wildman–Crippen MR) is 115 cm³/mol. The minimum Gasteiger partial charge on any atom is -0.457 e. The van der Waals surface area contributed by atoms with Gasteiger partial charge in [0.1, 0.15) is 28.2 Å². The van der Waals surface area contributed by atoms with E-state index in [0.29, 0.717) is 20.9 Å². The summed E-state index contributed by atoms with van der Waals surface area (Å²) in [4.78, 5) is 22.8. The summed E-state index contributed by atoms with van der Waals surface area (Å²) in [6, 6.07) is 9.36. The van der Waals surface area contributed by atoms with Gasteiger partial charge in [-0.15, -0.1) is 10.2 Å².